The first kappa shape index (κ1) is 15.4. The number of rotatable bonds is 4. The summed E-state index contributed by atoms with van der Waals surface area (Å²) >= 11 is 0. The quantitative estimate of drug-likeness (QED) is 0.937. The van der Waals surface area contributed by atoms with Crippen LogP contribution in [0.15, 0.2) is 45.7 Å². The number of furan rings is 1. The fraction of sp³-hybridized carbons (Fsp3) is 0.231. The van der Waals surface area contributed by atoms with E-state index in [1.807, 2.05) is 0 Å². The number of nitrogens with one attached hydrogen (secondary N) is 1. The summed E-state index contributed by atoms with van der Waals surface area (Å²) < 4.78 is 64.8. The molecule has 2 aromatic rings. The molecule has 114 valence electrons. The monoisotopic (exact) mass is 319 g/mol. The first-order valence-corrected chi connectivity index (χ1v) is 7.39. The van der Waals surface area contributed by atoms with Crippen LogP contribution in [0, 0.1) is 6.92 Å². The van der Waals surface area contributed by atoms with Crippen molar-refractivity contribution in [2.75, 3.05) is 5.32 Å². The van der Waals surface area contributed by atoms with E-state index in [-0.39, 0.29) is 0 Å². The fourth-order valence-electron chi connectivity index (χ4n) is 1.65. The number of sulfone groups is 1. The first-order chi connectivity index (χ1) is 9.70. The largest absolute Gasteiger partial charge is 0.501 e. The van der Waals surface area contributed by atoms with Crippen molar-refractivity contribution in [1.82, 2.24) is 0 Å². The maximum absolute atomic E-state index is 12.4. The zero-order valence-corrected chi connectivity index (χ0v) is 11.8. The van der Waals surface area contributed by atoms with Gasteiger partial charge in [-0.05, 0) is 43.3 Å². The molecule has 1 heterocycles. The standard InChI is InChI=1S/C13H12F3NO3S/c1-9-2-5-11(20-9)8-17-10-3-6-12(7-4-10)21(18,19)13(14,15)16/h2-7,17H,8H2,1H3. The second-order valence-corrected chi connectivity index (χ2v) is 6.28. The van der Waals surface area contributed by atoms with Crippen molar-refractivity contribution < 1.29 is 26.0 Å². The molecule has 0 aliphatic rings. The molecule has 0 fully saturated rings. The molecule has 0 bridgehead atoms. The van der Waals surface area contributed by atoms with Gasteiger partial charge in [-0.3, -0.25) is 0 Å². The highest BCUT2D eigenvalue weighted by Crippen LogP contribution is 2.30. The summed E-state index contributed by atoms with van der Waals surface area (Å²) in [7, 11) is -5.30. The highest BCUT2D eigenvalue weighted by molar-refractivity contribution is 7.92. The molecule has 4 nitrogen and oxygen atoms in total. The summed E-state index contributed by atoms with van der Waals surface area (Å²) in [5.74, 6) is 1.41. The Hall–Kier alpha value is -1.96. The lowest BCUT2D eigenvalue weighted by Gasteiger charge is -2.09. The van der Waals surface area contributed by atoms with Crippen LogP contribution in [0.3, 0.4) is 0 Å². The van der Waals surface area contributed by atoms with Crippen LogP contribution in [0.2, 0.25) is 0 Å². The van der Waals surface area contributed by atoms with Crippen LogP contribution < -0.4 is 5.32 Å². The predicted octanol–water partition coefficient (Wildman–Crippen LogP) is 3.49. The summed E-state index contributed by atoms with van der Waals surface area (Å²) in [4.78, 5) is -0.783. The van der Waals surface area contributed by atoms with E-state index in [0.717, 1.165) is 17.9 Å². The van der Waals surface area contributed by atoms with Gasteiger partial charge in [0.25, 0.3) is 9.84 Å². The van der Waals surface area contributed by atoms with Gasteiger partial charge in [-0.25, -0.2) is 8.42 Å². The van der Waals surface area contributed by atoms with Crippen LogP contribution in [-0.4, -0.2) is 13.9 Å². The highest BCUT2D eigenvalue weighted by Gasteiger charge is 2.46. The number of aryl methyl sites for hydroxylation is 1. The summed E-state index contributed by atoms with van der Waals surface area (Å²) in [5, 5.41) is 2.92. The fourth-order valence-corrected chi connectivity index (χ4v) is 2.42. The van der Waals surface area contributed by atoms with E-state index < -0.39 is 20.2 Å². The molecule has 0 aliphatic carbocycles. The Morgan fingerprint density at radius 1 is 1.10 bits per heavy atom. The van der Waals surface area contributed by atoms with Gasteiger partial charge in [0.1, 0.15) is 11.5 Å². The highest BCUT2D eigenvalue weighted by atomic mass is 32.2. The Morgan fingerprint density at radius 3 is 2.19 bits per heavy atom. The lowest BCUT2D eigenvalue weighted by molar-refractivity contribution is -0.0436. The minimum Gasteiger partial charge on any atom is -0.465 e. The van der Waals surface area contributed by atoms with Crippen molar-refractivity contribution in [3.63, 3.8) is 0 Å². The van der Waals surface area contributed by atoms with Crippen molar-refractivity contribution in [2.24, 2.45) is 0 Å². The minimum atomic E-state index is -5.30. The maximum atomic E-state index is 12.4. The third-order valence-electron chi connectivity index (χ3n) is 2.73. The van der Waals surface area contributed by atoms with Gasteiger partial charge in [0, 0.05) is 5.69 Å². The number of benzene rings is 1. The van der Waals surface area contributed by atoms with E-state index in [2.05, 4.69) is 5.32 Å². The van der Waals surface area contributed by atoms with Gasteiger partial charge in [-0.1, -0.05) is 0 Å². The number of hydrogen-bond donors (Lipinski definition) is 1. The molecule has 0 aliphatic heterocycles. The van der Waals surface area contributed by atoms with E-state index in [1.54, 1.807) is 19.1 Å². The number of halogens is 3. The normalized spacial score (nSPS) is 12.4. The molecule has 0 saturated carbocycles. The topological polar surface area (TPSA) is 59.3 Å². The van der Waals surface area contributed by atoms with Crippen LogP contribution in [0.5, 0.6) is 0 Å². The number of alkyl halides is 3. The molecule has 1 aromatic heterocycles. The van der Waals surface area contributed by atoms with Gasteiger partial charge in [0.2, 0.25) is 0 Å². The summed E-state index contributed by atoms with van der Waals surface area (Å²) in [5.41, 5.74) is -4.81. The maximum Gasteiger partial charge on any atom is 0.501 e. The van der Waals surface area contributed by atoms with E-state index in [1.165, 1.54) is 12.1 Å². The Kier molecular flexibility index (Phi) is 3.99. The van der Waals surface area contributed by atoms with Crippen LogP contribution in [-0.2, 0) is 16.4 Å². The first-order valence-electron chi connectivity index (χ1n) is 5.91. The van der Waals surface area contributed by atoms with Crippen molar-refractivity contribution >= 4 is 15.5 Å². The molecular weight excluding hydrogens is 307 g/mol. The smallest absolute Gasteiger partial charge is 0.465 e. The predicted molar refractivity (Wildman–Crippen MR) is 70.5 cm³/mol. The molecule has 0 radical (unpaired) electrons. The molecule has 8 heteroatoms. The van der Waals surface area contributed by atoms with Crippen molar-refractivity contribution in [3.05, 3.63) is 47.9 Å². The van der Waals surface area contributed by atoms with E-state index >= 15 is 0 Å². The summed E-state index contributed by atoms with van der Waals surface area (Å²) in [6.07, 6.45) is 0. The van der Waals surface area contributed by atoms with Crippen LogP contribution in [0.1, 0.15) is 11.5 Å². The molecule has 0 saturated heterocycles. The van der Waals surface area contributed by atoms with Crippen molar-refractivity contribution in [3.8, 4) is 0 Å². The van der Waals surface area contributed by atoms with E-state index in [9.17, 15) is 21.6 Å². The molecule has 21 heavy (non-hydrogen) atoms. The second-order valence-electron chi connectivity index (χ2n) is 4.34. The Morgan fingerprint density at radius 2 is 1.71 bits per heavy atom. The molecule has 0 unspecified atom stereocenters. The molecule has 0 atom stereocenters. The molecular formula is C13H12F3NO3S. The van der Waals surface area contributed by atoms with Gasteiger partial charge >= 0.3 is 5.51 Å². The van der Waals surface area contributed by atoms with Gasteiger partial charge in [-0.15, -0.1) is 0 Å². The van der Waals surface area contributed by atoms with Gasteiger partial charge in [0.15, 0.2) is 0 Å². The number of anilines is 1. The second kappa shape index (κ2) is 5.44. The van der Waals surface area contributed by atoms with Gasteiger partial charge < -0.3 is 9.73 Å². The third-order valence-corrected chi connectivity index (χ3v) is 4.23. The van der Waals surface area contributed by atoms with Crippen LogP contribution in [0.4, 0.5) is 18.9 Å². The average molecular weight is 319 g/mol. The van der Waals surface area contributed by atoms with Gasteiger partial charge in [0.05, 0.1) is 11.4 Å². The summed E-state index contributed by atoms with van der Waals surface area (Å²) in [6, 6.07) is 7.93. The Labute approximate surface area is 119 Å². The molecule has 0 spiro atoms. The minimum absolute atomic E-state index is 0.346. The lowest BCUT2D eigenvalue weighted by Crippen LogP contribution is -2.23. The van der Waals surface area contributed by atoms with Gasteiger partial charge in [-0.2, -0.15) is 13.2 Å². The van der Waals surface area contributed by atoms with E-state index in [4.69, 9.17) is 4.42 Å². The average Bonchev–Trinajstić information content (AvgIpc) is 2.81. The Balaban J connectivity index is 2.09. The Bertz CT molecular complexity index is 718. The van der Waals surface area contributed by atoms with Crippen LogP contribution in [0.25, 0.3) is 0 Å². The lowest BCUT2D eigenvalue weighted by atomic mass is 10.3. The molecule has 2 rings (SSSR count). The molecule has 1 N–H and O–H groups in total. The zero-order valence-electron chi connectivity index (χ0n) is 10.9. The zero-order chi connectivity index (χ0) is 15.7. The van der Waals surface area contributed by atoms with Crippen molar-refractivity contribution in [2.45, 2.75) is 23.9 Å². The van der Waals surface area contributed by atoms with E-state index in [0.29, 0.717) is 18.0 Å². The molecule has 1 aromatic carbocycles. The molecule has 0 amide bonds. The SMILES string of the molecule is Cc1ccc(CNc2ccc(S(=O)(=O)C(F)(F)F)cc2)o1. The third kappa shape index (κ3) is 3.38. The summed E-state index contributed by atoms with van der Waals surface area (Å²) in [6.45, 7) is 2.14. The number of hydrogen-bond acceptors (Lipinski definition) is 4. The van der Waals surface area contributed by atoms with Crippen LogP contribution >= 0.6 is 0 Å². The van der Waals surface area contributed by atoms with Crippen molar-refractivity contribution in [1.29, 1.82) is 0 Å².